The molecule has 0 saturated carbocycles. The Bertz CT molecular complexity index is 755. The highest BCUT2D eigenvalue weighted by molar-refractivity contribution is 6.63. The van der Waals surface area contributed by atoms with E-state index in [1.54, 1.807) is 11.0 Å². The monoisotopic (exact) mass is 419 g/mol. The third-order valence-electron chi connectivity index (χ3n) is 6.31. The zero-order valence-corrected chi connectivity index (χ0v) is 19.2. The second-order valence-electron chi connectivity index (χ2n) is 8.88. The number of ether oxygens (including phenoxy) is 3. The molecule has 2 saturated heterocycles. The summed E-state index contributed by atoms with van der Waals surface area (Å²) < 4.78 is 30.0. The van der Waals surface area contributed by atoms with E-state index in [-0.39, 0.29) is 0 Å². The van der Waals surface area contributed by atoms with Gasteiger partial charge in [-0.05, 0) is 61.0 Å². The fourth-order valence-electron chi connectivity index (χ4n) is 3.51. The molecular weight excluding hydrogens is 385 g/mol. The number of carbonyl (C=O) groups is 1. The molecule has 166 valence electrons. The number of hydrogen-bond acceptors (Lipinski definition) is 6. The summed E-state index contributed by atoms with van der Waals surface area (Å²) in [7, 11) is -0.649. The summed E-state index contributed by atoms with van der Waals surface area (Å²) in [5, 5.41) is 0. The van der Waals surface area contributed by atoms with Crippen LogP contribution in [0.25, 0.3) is 0 Å². The van der Waals surface area contributed by atoms with E-state index >= 15 is 0 Å². The van der Waals surface area contributed by atoms with E-state index in [1.165, 1.54) is 0 Å². The smallest absolute Gasteiger partial charge is 0.411 e. The van der Waals surface area contributed by atoms with Gasteiger partial charge in [0, 0.05) is 24.1 Å². The van der Waals surface area contributed by atoms with Crippen molar-refractivity contribution in [3.8, 4) is 5.75 Å². The van der Waals surface area contributed by atoms with Crippen LogP contribution in [0.3, 0.4) is 0 Å². The first-order chi connectivity index (χ1) is 14.0. The van der Waals surface area contributed by atoms with E-state index in [0.29, 0.717) is 37.5 Å². The molecule has 1 aromatic carbocycles. The van der Waals surface area contributed by atoms with Crippen LogP contribution in [-0.4, -0.2) is 55.6 Å². The first-order valence-electron chi connectivity index (χ1n) is 10.8. The van der Waals surface area contributed by atoms with Crippen molar-refractivity contribution in [3.05, 3.63) is 23.8 Å². The van der Waals surface area contributed by atoms with Crippen molar-refractivity contribution in [2.24, 2.45) is 0 Å². The normalized spacial score (nSPS) is 22.0. The minimum atomic E-state index is -0.886. The van der Waals surface area contributed by atoms with E-state index in [9.17, 15) is 4.79 Å². The van der Waals surface area contributed by atoms with Crippen molar-refractivity contribution in [2.45, 2.75) is 71.9 Å². The molecule has 2 heterocycles. The zero-order valence-electron chi connectivity index (χ0n) is 19.2. The molecule has 2 fully saturated rings. The Hall–Kier alpha value is -1.61. The maximum absolute atomic E-state index is 12.7. The van der Waals surface area contributed by atoms with Gasteiger partial charge in [-0.25, -0.2) is 4.79 Å². The highest BCUT2D eigenvalue weighted by Crippen LogP contribution is 2.38. The van der Waals surface area contributed by atoms with Crippen molar-refractivity contribution in [2.75, 3.05) is 26.3 Å². The molecule has 0 radical (unpaired) electrons. The van der Waals surface area contributed by atoms with Gasteiger partial charge in [-0.15, -0.1) is 0 Å². The van der Waals surface area contributed by atoms with Gasteiger partial charge in [-0.2, -0.15) is 0 Å². The molecule has 0 aliphatic carbocycles. The van der Waals surface area contributed by atoms with Crippen molar-refractivity contribution >= 4 is 18.7 Å². The van der Waals surface area contributed by atoms with Crippen LogP contribution in [0, 0.1) is 0 Å². The van der Waals surface area contributed by atoms with Crippen LogP contribution >= 0.6 is 0 Å². The highest BCUT2D eigenvalue weighted by atomic mass is 16.7. The van der Waals surface area contributed by atoms with Gasteiger partial charge in [-0.1, -0.05) is 12.1 Å². The molecule has 7 nitrogen and oxygen atoms in total. The number of benzene rings is 1. The van der Waals surface area contributed by atoms with Crippen LogP contribution in [0.15, 0.2) is 18.2 Å². The average molecular weight is 419 g/mol. The molecular formula is C22H34BNO6. The summed E-state index contributed by atoms with van der Waals surface area (Å²) >= 11 is 0. The second kappa shape index (κ2) is 8.50. The molecule has 0 unspecified atom stereocenters. The number of rotatable bonds is 5. The Morgan fingerprint density at radius 2 is 1.60 bits per heavy atom. The Morgan fingerprint density at radius 3 is 2.13 bits per heavy atom. The average Bonchev–Trinajstić information content (AvgIpc) is 2.90. The molecule has 30 heavy (non-hydrogen) atoms. The van der Waals surface area contributed by atoms with Crippen molar-refractivity contribution in [1.29, 1.82) is 0 Å². The molecule has 1 aromatic rings. The van der Waals surface area contributed by atoms with Gasteiger partial charge < -0.3 is 28.4 Å². The number of carbonyl (C=O) groups excluding carboxylic acids is 1. The largest absolute Gasteiger partial charge is 0.498 e. The van der Waals surface area contributed by atoms with E-state index in [4.69, 9.17) is 23.5 Å². The first-order valence-corrected chi connectivity index (χ1v) is 10.8. The molecule has 1 amide bonds. The molecule has 2 aliphatic heterocycles. The summed E-state index contributed by atoms with van der Waals surface area (Å²) in [5.41, 5.74) is 0.443. The molecule has 2 aliphatic rings. The fraction of sp³-hybridized carbons (Fsp3) is 0.682. The van der Waals surface area contributed by atoms with Crippen molar-refractivity contribution in [1.82, 2.24) is 4.90 Å². The van der Waals surface area contributed by atoms with Crippen LogP contribution in [0.1, 0.15) is 60.5 Å². The Balaban J connectivity index is 1.98. The van der Waals surface area contributed by atoms with Gasteiger partial charge in [0.25, 0.3) is 0 Å². The third-order valence-corrected chi connectivity index (χ3v) is 6.31. The molecule has 3 rings (SSSR count). The van der Waals surface area contributed by atoms with Gasteiger partial charge in [0.05, 0.1) is 24.4 Å². The van der Waals surface area contributed by atoms with Gasteiger partial charge in [0.15, 0.2) is 5.79 Å². The highest BCUT2D eigenvalue weighted by Gasteiger charge is 2.52. The number of hydrogen-bond donors (Lipinski definition) is 0. The lowest BCUT2D eigenvalue weighted by Gasteiger charge is -2.34. The summed E-state index contributed by atoms with van der Waals surface area (Å²) in [6, 6.07) is 5.59. The van der Waals surface area contributed by atoms with Crippen molar-refractivity contribution in [3.63, 3.8) is 0 Å². The minimum absolute atomic E-state index is 0.391. The van der Waals surface area contributed by atoms with E-state index in [2.05, 4.69) is 0 Å². The van der Waals surface area contributed by atoms with Crippen LogP contribution in [0.2, 0.25) is 0 Å². The predicted molar refractivity (Wildman–Crippen MR) is 115 cm³/mol. The van der Waals surface area contributed by atoms with Gasteiger partial charge in [-0.3, -0.25) is 0 Å². The Labute approximate surface area is 180 Å². The second-order valence-corrected chi connectivity index (χ2v) is 8.88. The lowest BCUT2D eigenvalue weighted by molar-refractivity contribution is -0.264. The van der Waals surface area contributed by atoms with Crippen LogP contribution in [0.4, 0.5) is 4.79 Å². The van der Waals surface area contributed by atoms with Gasteiger partial charge in [0.2, 0.25) is 0 Å². The summed E-state index contributed by atoms with van der Waals surface area (Å²) in [6.45, 7) is 16.0. The fourth-order valence-corrected chi connectivity index (χ4v) is 3.51. The third kappa shape index (κ3) is 4.37. The Morgan fingerprint density at radius 1 is 1.03 bits per heavy atom. The topological polar surface area (TPSA) is 66.5 Å². The predicted octanol–water partition coefficient (Wildman–Crippen LogP) is 3.44. The SMILES string of the molecule is CCN(CC)C(=O)Oc1cc(C2(C)OCCCO2)ccc1B1OC(C)(C)C(C)(C)O1. The molecule has 0 aromatic heterocycles. The van der Waals surface area contributed by atoms with Crippen LogP contribution in [-0.2, 0) is 24.6 Å². The molecule has 0 spiro atoms. The Kier molecular flexibility index (Phi) is 6.53. The van der Waals surface area contributed by atoms with Crippen molar-refractivity contribution < 1.29 is 28.3 Å². The maximum atomic E-state index is 12.7. The number of amides is 1. The molecule has 0 N–H and O–H groups in total. The van der Waals surface area contributed by atoms with E-state index in [0.717, 1.165) is 12.0 Å². The van der Waals surface area contributed by atoms with Crippen LogP contribution in [0.5, 0.6) is 5.75 Å². The molecule has 0 atom stereocenters. The molecule has 0 bridgehead atoms. The lowest BCUT2D eigenvalue weighted by atomic mass is 9.77. The van der Waals surface area contributed by atoms with E-state index < -0.39 is 30.2 Å². The maximum Gasteiger partial charge on any atom is 0.498 e. The lowest BCUT2D eigenvalue weighted by Crippen LogP contribution is -2.41. The summed E-state index contributed by atoms with van der Waals surface area (Å²) in [5.74, 6) is -0.495. The van der Waals surface area contributed by atoms with Gasteiger partial charge in [0.1, 0.15) is 5.75 Å². The summed E-state index contributed by atoms with van der Waals surface area (Å²) in [4.78, 5) is 14.3. The van der Waals surface area contributed by atoms with E-state index in [1.807, 2.05) is 60.6 Å². The molecule has 8 heteroatoms. The quantitative estimate of drug-likeness (QED) is 0.682. The standard InChI is InChI=1S/C22H34BNO6/c1-8-24(9-2)19(25)28-18-15-16(22(7)26-13-10-14-27-22)11-12-17(18)23-29-20(3,4)21(5,6)30-23/h11-12,15H,8-10,13-14H2,1-7H3. The minimum Gasteiger partial charge on any atom is -0.411 e. The summed E-state index contributed by atoms with van der Waals surface area (Å²) in [6.07, 6.45) is 0.441. The zero-order chi connectivity index (χ0) is 22.2. The first kappa shape index (κ1) is 23.1. The van der Waals surface area contributed by atoms with Crippen LogP contribution < -0.4 is 10.2 Å². The van der Waals surface area contributed by atoms with Gasteiger partial charge >= 0.3 is 13.2 Å². The number of nitrogens with zero attached hydrogens (tertiary/aromatic N) is 1.